The third kappa shape index (κ3) is 7.73. The summed E-state index contributed by atoms with van der Waals surface area (Å²) in [6, 6.07) is 0. The topological polar surface area (TPSA) is 218 Å². The lowest BCUT2D eigenvalue weighted by molar-refractivity contribution is -0.311. The van der Waals surface area contributed by atoms with Crippen LogP contribution in [0.1, 0.15) is 126 Å². The van der Waals surface area contributed by atoms with Crippen LogP contribution in [0.3, 0.4) is 0 Å². The zero-order valence-electron chi connectivity index (χ0n) is 34.7. The number of ether oxygens (including phenoxy) is 5. The minimum atomic E-state index is -3.55. The molecule has 5 N–H and O–H groups in total. The van der Waals surface area contributed by atoms with Gasteiger partial charge in [-0.2, -0.15) is 0 Å². The number of esters is 2. The Morgan fingerprint density at radius 1 is 0.667 bits per heavy atom. The quantitative estimate of drug-likeness (QED) is 0.190. The van der Waals surface area contributed by atoms with E-state index >= 15 is 0 Å². The summed E-state index contributed by atoms with van der Waals surface area (Å²) in [4.78, 5) is 29.3. The van der Waals surface area contributed by atoms with Crippen LogP contribution in [0.4, 0.5) is 0 Å². The molecule has 16 nitrogen and oxygen atoms in total. The van der Waals surface area contributed by atoms with Crippen molar-refractivity contribution in [3.05, 3.63) is 0 Å². The largest absolute Gasteiger partial charge is 0.536 e. The van der Waals surface area contributed by atoms with Gasteiger partial charge >= 0.3 is 18.9 Å². The number of hydrogen-bond donors (Lipinski definition) is 5. The van der Waals surface area contributed by atoms with E-state index < -0.39 is 126 Å². The van der Waals surface area contributed by atoms with Crippen LogP contribution in [0.5, 0.6) is 0 Å². The Labute approximate surface area is 335 Å². The number of aliphatic hydroxyl groups excluding tert-OH is 5. The fourth-order valence-electron chi connectivity index (χ4n) is 10.3. The van der Waals surface area contributed by atoms with Gasteiger partial charge in [0.1, 0.15) is 12.2 Å². The molecule has 0 aromatic heterocycles. The highest BCUT2D eigenvalue weighted by Crippen LogP contribution is 2.57. The summed E-state index contributed by atoms with van der Waals surface area (Å²) in [5.41, 5.74) is -1.84. The second-order valence-corrected chi connectivity index (χ2v) is 19.4. The Kier molecular flexibility index (Phi) is 12.1. The highest BCUT2D eigenvalue weighted by molar-refractivity contribution is 6.56. The number of cyclic esters (lactones) is 1. The summed E-state index contributed by atoms with van der Waals surface area (Å²) in [6.07, 6.45) is -9.47. The second kappa shape index (κ2) is 15.8. The Morgan fingerprint density at radius 2 is 1.19 bits per heavy atom. The first-order chi connectivity index (χ1) is 26.6. The maximum absolute atomic E-state index is 14.6. The maximum atomic E-state index is 14.6. The van der Waals surface area contributed by atoms with Crippen molar-refractivity contribution < 1.29 is 77.4 Å². The first-order valence-corrected chi connectivity index (χ1v) is 21.3. The van der Waals surface area contributed by atoms with Crippen LogP contribution in [-0.4, -0.2) is 135 Å². The summed E-state index contributed by atoms with van der Waals surface area (Å²) in [6.45, 7) is 10.8. The zero-order chi connectivity index (χ0) is 41.5. The summed E-state index contributed by atoms with van der Waals surface area (Å²) < 4.78 is 59.0. The van der Waals surface area contributed by atoms with Crippen molar-refractivity contribution in [2.75, 3.05) is 0 Å². The van der Waals surface area contributed by atoms with Gasteiger partial charge in [0.15, 0.2) is 23.8 Å². The molecule has 17 heteroatoms. The standard InChI is InChI=1S/C40H66BO16/c1-20-12-16-31-37(5,6)29(45)11-9-10-24-18-28(23(4)49-24)51-36(48)34-40-21(2)13-17-32(53-40)38(7,8)30(46)15-14-25(43)26(44)19-27(22(3)42)50-35(47)33-39(20,52-31)56-41(54-33,55-34)57-40/h20-34,42-46H,9-19H2,1-8H3/q-1/t20-,21-,22-,23-,24-,25?,26?,27+,28+,29-,30+,31+,32+,33+,34+,39+,40+,41?/m1/s1. The van der Waals surface area contributed by atoms with Gasteiger partial charge in [0, 0.05) is 35.5 Å². The van der Waals surface area contributed by atoms with Crippen molar-refractivity contribution in [1.82, 2.24) is 0 Å². The third-order valence-electron chi connectivity index (χ3n) is 14.7. The van der Waals surface area contributed by atoms with Crippen molar-refractivity contribution in [3.8, 4) is 0 Å². The number of fused-ring (bicyclic) bond motifs is 6. The monoisotopic (exact) mass is 813 g/mol. The Morgan fingerprint density at radius 3 is 1.74 bits per heavy atom. The number of aliphatic hydroxyl groups is 5. The van der Waals surface area contributed by atoms with Gasteiger partial charge in [0.25, 0.3) is 0 Å². The molecule has 3 spiro atoms. The van der Waals surface area contributed by atoms with Crippen LogP contribution in [0.25, 0.3) is 0 Å². The van der Waals surface area contributed by atoms with Crippen LogP contribution < -0.4 is 0 Å². The van der Waals surface area contributed by atoms with Crippen molar-refractivity contribution >= 4 is 18.9 Å². The van der Waals surface area contributed by atoms with Gasteiger partial charge in [0.2, 0.25) is 0 Å². The molecule has 7 rings (SSSR count). The Bertz CT molecular complexity index is 1480. The Balaban J connectivity index is 1.38. The van der Waals surface area contributed by atoms with Crippen molar-refractivity contribution in [2.45, 2.75) is 217 Å². The van der Waals surface area contributed by atoms with Crippen LogP contribution in [-0.2, 0) is 51.9 Å². The summed E-state index contributed by atoms with van der Waals surface area (Å²) in [7, 11) is 0. The van der Waals surface area contributed by atoms with Crippen molar-refractivity contribution in [3.63, 3.8) is 0 Å². The molecule has 9 bridgehead atoms. The van der Waals surface area contributed by atoms with Crippen LogP contribution in [0, 0.1) is 22.7 Å². The molecular weight excluding hydrogens is 747 g/mol. The van der Waals surface area contributed by atoms with Crippen LogP contribution in [0.15, 0.2) is 0 Å². The molecule has 0 saturated carbocycles. The number of hydrogen-bond acceptors (Lipinski definition) is 16. The summed E-state index contributed by atoms with van der Waals surface area (Å²) >= 11 is 0. The summed E-state index contributed by atoms with van der Waals surface area (Å²) in [5.74, 6) is -6.77. The molecule has 7 fully saturated rings. The smallest absolute Gasteiger partial charge is 0.504 e. The Hall–Kier alpha value is -1.48. The van der Waals surface area contributed by atoms with Crippen molar-refractivity contribution in [1.29, 1.82) is 0 Å². The first kappa shape index (κ1) is 43.6. The lowest BCUT2D eigenvalue weighted by Gasteiger charge is -2.52. The highest BCUT2D eigenvalue weighted by atomic mass is 17.0. The molecule has 3 unspecified atom stereocenters. The second-order valence-electron chi connectivity index (χ2n) is 19.4. The van der Waals surface area contributed by atoms with Gasteiger partial charge in [-0.3, -0.25) is 0 Å². The molecule has 18 atom stereocenters. The highest BCUT2D eigenvalue weighted by Gasteiger charge is 2.73. The normalized spacial score (nSPS) is 51.1. The predicted octanol–water partition coefficient (Wildman–Crippen LogP) is 2.52. The lowest BCUT2D eigenvalue weighted by Crippen LogP contribution is -2.61. The average Bonchev–Trinajstić information content (AvgIpc) is 3.77. The number of carbonyl (C=O) groups is 2. The SMILES string of the molecule is C[C@@H]1CC[C@@H]2O[C@]13O[B-]14O[C@H]3C(=O)O[C@H]([C@@H](C)O)CC(O)C(O)CC[C@H](O)C(C)(C)[C@@H]3CC[C@@H](C)[C@](O3)(O1)[C@@H](O4)C(=O)O[C@H]1C[C@@H](CCC[C@@H](O)C2(C)C)O[C@@H]1C. The van der Waals surface area contributed by atoms with E-state index in [2.05, 4.69) is 0 Å². The molecular formula is C40H66BO16-. The number of rotatable bonds is 1. The minimum absolute atomic E-state index is 0.0129. The summed E-state index contributed by atoms with van der Waals surface area (Å²) in [5, 5.41) is 56.3. The van der Waals surface area contributed by atoms with Gasteiger partial charge in [-0.15, -0.1) is 0 Å². The van der Waals surface area contributed by atoms with E-state index in [0.29, 0.717) is 51.4 Å². The lowest BCUT2D eigenvalue weighted by atomic mass is 9.73. The average molecular weight is 814 g/mol. The van der Waals surface area contributed by atoms with Gasteiger partial charge < -0.3 is 67.8 Å². The molecule has 326 valence electrons. The molecule has 7 aliphatic heterocycles. The molecule has 0 amide bonds. The fraction of sp³-hybridized carbons (Fsp3) is 0.950. The van der Waals surface area contributed by atoms with Crippen LogP contribution >= 0.6 is 0 Å². The molecule has 0 radical (unpaired) electrons. The molecule has 7 heterocycles. The van der Waals surface area contributed by atoms with E-state index in [0.717, 1.165) is 0 Å². The molecule has 0 aromatic rings. The third-order valence-corrected chi connectivity index (χ3v) is 14.7. The van der Waals surface area contributed by atoms with Gasteiger partial charge in [-0.25, -0.2) is 9.59 Å². The number of carbonyl (C=O) groups excluding carboxylic acids is 2. The molecule has 57 heavy (non-hydrogen) atoms. The molecule has 0 aromatic carbocycles. The van der Waals surface area contributed by atoms with E-state index in [-0.39, 0.29) is 25.4 Å². The van der Waals surface area contributed by atoms with Crippen molar-refractivity contribution in [2.24, 2.45) is 22.7 Å². The molecule has 7 saturated heterocycles. The van der Waals surface area contributed by atoms with E-state index in [1.807, 2.05) is 48.5 Å². The van der Waals surface area contributed by atoms with Crippen LogP contribution in [0.2, 0.25) is 0 Å². The first-order valence-electron chi connectivity index (χ1n) is 21.3. The maximum Gasteiger partial charge on any atom is 0.536 e. The molecule has 7 aliphatic rings. The predicted molar refractivity (Wildman–Crippen MR) is 199 cm³/mol. The van der Waals surface area contributed by atoms with E-state index in [9.17, 15) is 35.1 Å². The van der Waals surface area contributed by atoms with Gasteiger partial charge in [0.05, 0.1) is 54.9 Å². The minimum Gasteiger partial charge on any atom is -0.504 e. The van der Waals surface area contributed by atoms with E-state index in [1.54, 1.807) is 0 Å². The van der Waals surface area contributed by atoms with E-state index in [1.165, 1.54) is 6.92 Å². The zero-order valence-corrected chi connectivity index (χ0v) is 34.7. The van der Waals surface area contributed by atoms with Gasteiger partial charge in [-0.05, 0) is 71.6 Å². The molecule has 0 aliphatic carbocycles. The fourth-order valence-corrected chi connectivity index (χ4v) is 10.3. The van der Waals surface area contributed by atoms with Gasteiger partial charge in [-0.1, -0.05) is 41.5 Å². The van der Waals surface area contributed by atoms with E-state index in [4.69, 9.17) is 42.3 Å².